The fourth-order valence-corrected chi connectivity index (χ4v) is 3.18. The van der Waals surface area contributed by atoms with Crippen molar-refractivity contribution in [1.29, 1.82) is 0 Å². The first-order valence-electron chi connectivity index (χ1n) is 5.72. The van der Waals surface area contributed by atoms with Crippen LogP contribution in [0.2, 0.25) is 5.02 Å². The van der Waals surface area contributed by atoms with E-state index in [1.54, 1.807) is 0 Å². The van der Waals surface area contributed by atoms with Crippen molar-refractivity contribution in [3.63, 3.8) is 0 Å². The average Bonchev–Trinajstić information content (AvgIpc) is 2.57. The van der Waals surface area contributed by atoms with Crippen molar-refractivity contribution in [2.75, 3.05) is 0 Å². The molecule has 1 aliphatic rings. The number of rotatable bonds is 2. The van der Waals surface area contributed by atoms with Crippen molar-refractivity contribution >= 4 is 11.6 Å². The molecular weight excluding hydrogens is 220 g/mol. The van der Waals surface area contributed by atoms with Gasteiger partial charge in [-0.3, -0.25) is 0 Å². The van der Waals surface area contributed by atoms with E-state index in [9.17, 15) is 5.11 Å². The highest BCUT2D eigenvalue weighted by atomic mass is 35.5. The first-order valence-corrected chi connectivity index (χ1v) is 6.10. The summed E-state index contributed by atoms with van der Waals surface area (Å²) in [6.45, 7) is 8.82. The Labute approximate surface area is 102 Å². The summed E-state index contributed by atoms with van der Waals surface area (Å²) in [5.74, 6) is 0.278. The Hall–Kier alpha value is -0.530. The van der Waals surface area contributed by atoms with E-state index in [1.807, 2.05) is 24.3 Å². The van der Waals surface area contributed by atoms with E-state index in [2.05, 4.69) is 27.7 Å². The molecular formula is C14H19ClO. The molecule has 1 nitrogen and oxygen atoms in total. The Kier molecular flexibility index (Phi) is 2.60. The zero-order chi connectivity index (χ0) is 12.1. The van der Waals surface area contributed by atoms with Gasteiger partial charge in [-0.25, -0.2) is 0 Å². The third-order valence-electron chi connectivity index (χ3n) is 4.67. The second-order valence-electron chi connectivity index (χ2n) is 5.89. The van der Waals surface area contributed by atoms with Crippen LogP contribution in [0.3, 0.4) is 0 Å². The molecule has 1 unspecified atom stereocenters. The van der Waals surface area contributed by atoms with Crippen LogP contribution >= 0.6 is 11.6 Å². The minimum absolute atomic E-state index is 0.172. The minimum Gasteiger partial charge on any atom is -0.388 e. The molecule has 1 atom stereocenters. The van der Waals surface area contributed by atoms with Gasteiger partial charge in [0.1, 0.15) is 0 Å². The number of hydrogen-bond donors (Lipinski definition) is 1. The lowest BCUT2D eigenvalue weighted by Crippen LogP contribution is -2.06. The predicted molar refractivity (Wildman–Crippen MR) is 67.5 cm³/mol. The van der Waals surface area contributed by atoms with Crippen LogP contribution in [-0.2, 0) is 0 Å². The van der Waals surface area contributed by atoms with Crippen molar-refractivity contribution in [2.24, 2.45) is 16.7 Å². The molecule has 1 saturated carbocycles. The fraction of sp³-hybridized carbons (Fsp3) is 0.571. The van der Waals surface area contributed by atoms with E-state index >= 15 is 0 Å². The molecule has 1 N–H and O–H groups in total. The van der Waals surface area contributed by atoms with Gasteiger partial charge in [0.2, 0.25) is 0 Å². The van der Waals surface area contributed by atoms with Crippen molar-refractivity contribution < 1.29 is 5.11 Å². The predicted octanol–water partition coefficient (Wildman–Crippen LogP) is 4.06. The zero-order valence-electron chi connectivity index (χ0n) is 10.3. The normalized spacial score (nSPS) is 24.1. The van der Waals surface area contributed by atoms with Crippen molar-refractivity contribution in [3.8, 4) is 0 Å². The van der Waals surface area contributed by atoms with Crippen LogP contribution < -0.4 is 0 Å². The van der Waals surface area contributed by atoms with Crippen molar-refractivity contribution in [2.45, 2.75) is 33.8 Å². The molecule has 1 aliphatic carbocycles. The summed E-state index contributed by atoms with van der Waals surface area (Å²) in [5, 5.41) is 11.1. The van der Waals surface area contributed by atoms with Gasteiger partial charge in [-0.15, -0.1) is 0 Å². The van der Waals surface area contributed by atoms with Gasteiger partial charge in [0, 0.05) is 10.9 Å². The highest BCUT2D eigenvalue weighted by Crippen LogP contribution is 2.72. The van der Waals surface area contributed by atoms with Crippen molar-refractivity contribution in [3.05, 3.63) is 34.9 Å². The summed E-state index contributed by atoms with van der Waals surface area (Å²) in [4.78, 5) is 0. The van der Waals surface area contributed by atoms with Gasteiger partial charge >= 0.3 is 0 Å². The zero-order valence-corrected chi connectivity index (χ0v) is 11.0. The Morgan fingerprint density at radius 3 is 2.06 bits per heavy atom. The van der Waals surface area contributed by atoms with Gasteiger partial charge in [-0.1, -0.05) is 57.5 Å². The maximum Gasteiger partial charge on any atom is 0.0843 e. The second-order valence-corrected chi connectivity index (χ2v) is 6.29. The topological polar surface area (TPSA) is 20.2 Å². The standard InChI is InChI=1S/C14H19ClO/c1-13(2)12(14(13,3)4)11(16)9-7-5-6-8-10(9)15/h5-8,11-12,16H,1-4H3. The molecule has 0 aliphatic heterocycles. The third kappa shape index (κ3) is 1.49. The lowest BCUT2D eigenvalue weighted by molar-refractivity contribution is 0.131. The van der Waals surface area contributed by atoms with Crippen LogP contribution in [0.15, 0.2) is 24.3 Å². The maximum atomic E-state index is 10.4. The monoisotopic (exact) mass is 238 g/mol. The Morgan fingerprint density at radius 1 is 1.12 bits per heavy atom. The molecule has 2 heteroatoms. The summed E-state index contributed by atoms with van der Waals surface area (Å²) >= 11 is 6.12. The van der Waals surface area contributed by atoms with Gasteiger partial charge in [0.15, 0.2) is 0 Å². The van der Waals surface area contributed by atoms with Gasteiger partial charge in [0.25, 0.3) is 0 Å². The smallest absolute Gasteiger partial charge is 0.0843 e. The van der Waals surface area contributed by atoms with E-state index < -0.39 is 6.10 Å². The van der Waals surface area contributed by atoms with E-state index in [1.165, 1.54) is 0 Å². The average molecular weight is 239 g/mol. The number of hydrogen-bond acceptors (Lipinski definition) is 1. The summed E-state index contributed by atoms with van der Waals surface area (Å²) < 4.78 is 0. The molecule has 88 valence electrons. The first-order chi connectivity index (χ1) is 7.30. The highest BCUT2D eigenvalue weighted by Gasteiger charge is 2.67. The van der Waals surface area contributed by atoms with E-state index in [0.717, 1.165) is 5.56 Å². The molecule has 0 heterocycles. The molecule has 0 saturated heterocycles. The van der Waals surface area contributed by atoms with Crippen LogP contribution in [0.25, 0.3) is 0 Å². The van der Waals surface area contributed by atoms with Gasteiger partial charge in [-0.2, -0.15) is 0 Å². The number of aliphatic hydroxyl groups excluding tert-OH is 1. The van der Waals surface area contributed by atoms with Crippen LogP contribution in [0, 0.1) is 16.7 Å². The minimum atomic E-state index is -0.460. The van der Waals surface area contributed by atoms with Gasteiger partial charge in [0.05, 0.1) is 6.10 Å². The molecule has 0 spiro atoms. The van der Waals surface area contributed by atoms with Crippen LogP contribution in [0.4, 0.5) is 0 Å². The molecule has 1 aromatic carbocycles. The summed E-state index contributed by atoms with van der Waals surface area (Å²) in [7, 11) is 0. The molecule has 1 fully saturated rings. The molecule has 0 radical (unpaired) electrons. The molecule has 2 rings (SSSR count). The van der Waals surface area contributed by atoms with Gasteiger partial charge < -0.3 is 5.11 Å². The number of halogens is 1. The largest absolute Gasteiger partial charge is 0.388 e. The second kappa shape index (κ2) is 3.48. The van der Waals surface area contributed by atoms with Gasteiger partial charge in [-0.05, 0) is 22.5 Å². The Morgan fingerprint density at radius 2 is 1.62 bits per heavy atom. The highest BCUT2D eigenvalue weighted by molar-refractivity contribution is 6.31. The van der Waals surface area contributed by atoms with E-state index in [0.29, 0.717) is 5.02 Å². The van der Waals surface area contributed by atoms with E-state index in [-0.39, 0.29) is 16.7 Å². The summed E-state index contributed by atoms with van der Waals surface area (Å²) in [6, 6.07) is 7.56. The maximum absolute atomic E-state index is 10.4. The molecule has 16 heavy (non-hydrogen) atoms. The van der Waals surface area contributed by atoms with Crippen LogP contribution in [0.1, 0.15) is 39.4 Å². The first kappa shape index (κ1) is 11.9. The fourth-order valence-electron chi connectivity index (χ4n) is 2.93. The quantitative estimate of drug-likeness (QED) is 0.824. The van der Waals surface area contributed by atoms with Crippen LogP contribution in [-0.4, -0.2) is 5.11 Å². The van der Waals surface area contributed by atoms with E-state index in [4.69, 9.17) is 11.6 Å². The number of benzene rings is 1. The molecule has 0 bridgehead atoms. The lowest BCUT2D eigenvalue weighted by Gasteiger charge is -2.14. The third-order valence-corrected chi connectivity index (χ3v) is 5.02. The Bertz CT molecular complexity index is 395. The molecule has 1 aromatic rings. The lowest BCUT2D eigenvalue weighted by atomic mass is 9.99. The molecule has 0 aromatic heterocycles. The van der Waals surface area contributed by atoms with Crippen molar-refractivity contribution in [1.82, 2.24) is 0 Å². The Balaban J connectivity index is 2.29. The molecule has 0 amide bonds. The summed E-state index contributed by atoms with van der Waals surface area (Å²) in [5.41, 5.74) is 1.20. The summed E-state index contributed by atoms with van der Waals surface area (Å²) in [6.07, 6.45) is -0.460. The van der Waals surface area contributed by atoms with Crippen LogP contribution in [0.5, 0.6) is 0 Å². The SMILES string of the molecule is CC1(C)C(C(O)c2ccccc2Cl)C1(C)C. The number of aliphatic hydroxyl groups is 1.